The maximum absolute atomic E-state index is 11.6. The van der Waals surface area contributed by atoms with Crippen LogP contribution in [0.3, 0.4) is 0 Å². The molecule has 0 heterocycles. The summed E-state index contributed by atoms with van der Waals surface area (Å²) in [5.41, 5.74) is 0.716. The van der Waals surface area contributed by atoms with Gasteiger partial charge in [-0.3, -0.25) is 0 Å². The number of allylic oxidation sites excluding steroid dienone is 1. The zero-order valence-corrected chi connectivity index (χ0v) is 10.9. The molecule has 0 N–H and O–H groups in total. The summed E-state index contributed by atoms with van der Waals surface area (Å²) in [4.78, 5) is 11.6. The summed E-state index contributed by atoms with van der Waals surface area (Å²) in [5, 5.41) is 0. The van der Waals surface area contributed by atoms with Crippen LogP contribution in [0.2, 0.25) is 0 Å². The van der Waals surface area contributed by atoms with Gasteiger partial charge in [0.1, 0.15) is 0 Å². The first-order chi connectivity index (χ1) is 6.49. The number of hydrogen-bond acceptors (Lipinski definition) is 2. The van der Waals surface area contributed by atoms with E-state index in [0.29, 0.717) is 18.1 Å². The molecule has 1 unspecified atom stereocenters. The number of carbonyl (C=O) groups excluding carboxylic acids is 1. The minimum absolute atomic E-state index is 0.0575. The molecule has 0 rings (SSSR count). The van der Waals surface area contributed by atoms with E-state index in [1.807, 2.05) is 33.8 Å². The highest BCUT2D eigenvalue weighted by Gasteiger charge is 2.15. The van der Waals surface area contributed by atoms with Gasteiger partial charge in [-0.15, -0.1) is 0 Å². The van der Waals surface area contributed by atoms with E-state index in [1.54, 1.807) is 0 Å². The molecule has 0 fully saturated rings. The van der Waals surface area contributed by atoms with Gasteiger partial charge in [-0.1, -0.05) is 42.8 Å². The molecule has 14 heavy (non-hydrogen) atoms. The lowest BCUT2D eigenvalue weighted by Gasteiger charge is -2.11. The Bertz CT molecular complexity index is 207. The second-order valence-corrected chi connectivity index (χ2v) is 5.05. The third kappa shape index (κ3) is 5.43. The van der Waals surface area contributed by atoms with Gasteiger partial charge < -0.3 is 4.74 Å². The molecule has 0 spiro atoms. The molecular weight excluding hydrogens is 244 g/mol. The van der Waals surface area contributed by atoms with Crippen LogP contribution in [-0.4, -0.2) is 17.4 Å². The largest absolute Gasteiger partial charge is 0.462 e. The Morgan fingerprint density at radius 2 is 2.00 bits per heavy atom. The maximum Gasteiger partial charge on any atom is 0.334 e. The number of rotatable bonds is 5. The van der Waals surface area contributed by atoms with Crippen molar-refractivity contribution < 1.29 is 9.53 Å². The fourth-order valence-corrected chi connectivity index (χ4v) is 1.33. The second kappa shape index (κ2) is 7.04. The molecule has 0 aromatic rings. The minimum Gasteiger partial charge on any atom is -0.462 e. The fourth-order valence-electron chi connectivity index (χ4n) is 0.954. The van der Waals surface area contributed by atoms with E-state index in [1.165, 1.54) is 0 Å². The number of ether oxygens (including phenoxy) is 1. The number of hydrogen-bond donors (Lipinski definition) is 0. The Labute approximate surface area is 94.8 Å². The van der Waals surface area contributed by atoms with E-state index in [4.69, 9.17) is 4.74 Å². The normalized spacial score (nSPS) is 14.3. The first-order valence-corrected chi connectivity index (χ1v) is 5.91. The Morgan fingerprint density at radius 3 is 2.36 bits per heavy atom. The average molecular weight is 263 g/mol. The molecule has 0 aromatic heterocycles. The Kier molecular flexibility index (Phi) is 6.89. The van der Waals surface area contributed by atoms with E-state index in [-0.39, 0.29) is 10.8 Å². The van der Waals surface area contributed by atoms with Crippen molar-refractivity contribution in [2.45, 2.75) is 38.9 Å². The lowest BCUT2D eigenvalue weighted by Crippen LogP contribution is -2.16. The van der Waals surface area contributed by atoms with Crippen LogP contribution in [0, 0.1) is 5.92 Å². The number of halogens is 1. The van der Waals surface area contributed by atoms with Crippen molar-refractivity contribution in [3.05, 3.63) is 11.6 Å². The van der Waals surface area contributed by atoms with Gasteiger partial charge in [0, 0.05) is 10.4 Å². The number of carbonyl (C=O) groups is 1. The van der Waals surface area contributed by atoms with Gasteiger partial charge >= 0.3 is 5.97 Å². The third-order valence-electron chi connectivity index (χ3n) is 1.64. The van der Waals surface area contributed by atoms with Crippen LogP contribution in [0.5, 0.6) is 0 Å². The summed E-state index contributed by atoms with van der Waals surface area (Å²) in [6, 6.07) is 0. The molecule has 0 saturated carbocycles. The van der Waals surface area contributed by atoms with Gasteiger partial charge in [-0.25, -0.2) is 4.79 Å². The Balaban J connectivity index is 4.24. The maximum atomic E-state index is 11.6. The van der Waals surface area contributed by atoms with Crippen LogP contribution in [-0.2, 0) is 9.53 Å². The summed E-state index contributed by atoms with van der Waals surface area (Å²) >= 11 is 3.38. The standard InChI is InChI=1S/C11H19BrO2/c1-5-6-10(9(4)12)11(13)14-7-8(2)3/h6,8-9H,5,7H2,1-4H3/b10-6+. The van der Waals surface area contributed by atoms with Gasteiger partial charge in [0.2, 0.25) is 0 Å². The zero-order chi connectivity index (χ0) is 11.1. The van der Waals surface area contributed by atoms with Gasteiger partial charge in [0.15, 0.2) is 0 Å². The molecule has 0 bridgehead atoms. The van der Waals surface area contributed by atoms with Crippen molar-refractivity contribution in [1.82, 2.24) is 0 Å². The SMILES string of the molecule is CC/C=C(/C(=O)OCC(C)C)C(C)Br. The highest BCUT2D eigenvalue weighted by atomic mass is 79.9. The van der Waals surface area contributed by atoms with Crippen LogP contribution in [0.1, 0.15) is 34.1 Å². The minimum atomic E-state index is -0.204. The molecule has 0 radical (unpaired) electrons. The molecule has 2 nitrogen and oxygen atoms in total. The Hall–Kier alpha value is -0.310. The summed E-state index contributed by atoms with van der Waals surface area (Å²) in [7, 11) is 0. The summed E-state index contributed by atoms with van der Waals surface area (Å²) in [5.74, 6) is 0.178. The molecule has 0 saturated heterocycles. The molecule has 0 aromatic carbocycles. The molecule has 0 aliphatic rings. The molecular formula is C11H19BrO2. The third-order valence-corrected chi connectivity index (χ3v) is 2.13. The molecule has 1 atom stereocenters. The smallest absolute Gasteiger partial charge is 0.334 e. The van der Waals surface area contributed by atoms with Crippen LogP contribution in [0.25, 0.3) is 0 Å². The topological polar surface area (TPSA) is 26.3 Å². The van der Waals surface area contributed by atoms with Crippen LogP contribution >= 0.6 is 15.9 Å². The molecule has 82 valence electrons. The lowest BCUT2D eigenvalue weighted by molar-refractivity contribution is -0.140. The quantitative estimate of drug-likeness (QED) is 0.432. The first kappa shape index (κ1) is 13.7. The van der Waals surface area contributed by atoms with E-state index in [2.05, 4.69) is 15.9 Å². The molecule has 3 heteroatoms. The van der Waals surface area contributed by atoms with Crippen molar-refractivity contribution in [3.8, 4) is 0 Å². The van der Waals surface area contributed by atoms with Crippen molar-refractivity contribution >= 4 is 21.9 Å². The Morgan fingerprint density at radius 1 is 1.43 bits per heavy atom. The summed E-state index contributed by atoms with van der Waals surface area (Å²) < 4.78 is 5.14. The van der Waals surface area contributed by atoms with E-state index < -0.39 is 0 Å². The van der Waals surface area contributed by atoms with Crippen molar-refractivity contribution in [1.29, 1.82) is 0 Å². The van der Waals surface area contributed by atoms with Crippen molar-refractivity contribution in [3.63, 3.8) is 0 Å². The van der Waals surface area contributed by atoms with E-state index >= 15 is 0 Å². The van der Waals surface area contributed by atoms with Crippen LogP contribution in [0.4, 0.5) is 0 Å². The lowest BCUT2D eigenvalue weighted by atomic mass is 10.1. The average Bonchev–Trinajstić information content (AvgIpc) is 2.09. The zero-order valence-electron chi connectivity index (χ0n) is 9.34. The van der Waals surface area contributed by atoms with Gasteiger partial charge in [0.25, 0.3) is 0 Å². The first-order valence-electron chi connectivity index (χ1n) is 5.00. The van der Waals surface area contributed by atoms with E-state index in [9.17, 15) is 4.79 Å². The highest BCUT2D eigenvalue weighted by molar-refractivity contribution is 9.09. The summed E-state index contributed by atoms with van der Waals surface area (Å²) in [6.07, 6.45) is 2.75. The summed E-state index contributed by atoms with van der Waals surface area (Å²) in [6.45, 7) is 8.46. The van der Waals surface area contributed by atoms with Crippen molar-refractivity contribution in [2.24, 2.45) is 5.92 Å². The predicted molar refractivity (Wildman–Crippen MR) is 62.6 cm³/mol. The highest BCUT2D eigenvalue weighted by Crippen LogP contribution is 2.14. The molecule has 0 aliphatic heterocycles. The van der Waals surface area contributed by atoms with Crippen LogP contribution in [0.15, 0.2) is 11.6 Å². The van der Waals surface area contributed by atoms with Gasteiger partial charge in [-0.05, 0) is 19.3 Å². The second-order valence-electron chi connectivity index (χ2n) is 3.68. The van der Waals surface area contributed by atoms with Gasteiger partial charge in [-0.2, -0.15) is 0 Å². The van der Waals surface area contributed by atoms with E-state index in [0.717, 1.165) is 6.42 Å². The molecule has 0 aliphatic carbocycles. The monoisotopic (exact) mass is 262 g/mol. The van der Waals surface area contributed by atoms with Gasteiger partial charge in [0.05, 0.1) is 6.61 Å². The fraction of sp³-hybridized carbons (Fsp3) is 0.727. The predicted octanol–water partition coefficient (Wildman–Crippen LogP) is 3.31. The van der Waals surface area contributed by atoms with Crippen molar-refractivity contribution in [2.75, 3.05) is 6.61 Å². The number of alkyl halides is 1. The molecule has 0 amide bonds. The van der Waals surface area contributed by atoms with Crippen LogP contribution < -0.4 is 0 Å². The number of esters is 1.